The SMILES string of the molecule is Nc1cc(F)ccc1-c1nnc2ncccn12. The Morgan fingerprint density at radius 3 is 2.94 bits per heavy atom. The third-order valence-electron chi connectivity index (χ3n) is 2.44. The molecule has 0 saturated carbocycles. The second-order valence-electron chi connectivity index (χ2n) is 3.54. The van der Waals surface area contributed by atoms with Gasteiger partial charge < -0.3 is 5.73 Å². The Morgan fingerprint density at radius 1 is 1.24 bits per heavy atom. The first-order chi connectivity index (χ1) is 8.25. The number of nitrogens with two attached hydrogens (primary N) is 1. The van der Waals surface area contributed by atoms with E-state index in [2.05, 4.69) is 15.2 Å². The highest BCUT2D eigenvalue weighted by molar-refractivity contribution is 5.72. The van der Waals surface area contributed by atoms with Crippen LogP contribution in [0, 0.1) is 5.82 Å². The lowest BCUT2D eigenvalue weighted by Crippen LogP contribution is -1.95. The van der Waals surface area contributed by atoms with Gasteiger partial charge in [-0.1, -0.05) is 0 Å². The lowest BCUT2D eigenvalue weighted by molar-refractivity contribution is 0.628. The largest absolute Gasteiger partial charge is 0.398 e. The maximum Gasteiger partial charge on any atom is 0.255 e. The molecule has 2 heterocycles. The summed E-state index contributed by atoms with van der Waals surface area (Å²) in [7, 11) is 0. The van der Waals surface area contributed by atoms with Gasteiger partial charge in [-0.2, -0.15) is 0 Å². The van der Waals surface area contributed by atoms with Crippen molar-refractivity contribution >= 4 is 11.5 Å². The molecule has 0 spiro atoms. The topological polar surface area (TPSA) is 69.1 Å². The third kappa shape index (κ3) is 1.50. The molecular formula is C11H8FN5. The van der Waals surface area contributed by atoms with Crippen molar-refractivity contribution in [3.05, 3.63) is 42.5 Å². The monoisotopic (exact) mass is 229 g/mol. The van der Waals surface area contributed by atoms with E-state index in [9.17, 15) is 4.39 Å². The summed E-state index contributed by atoms with van der Waals surface area (Å²) in [6.45, 7) is 0. The molecule has 2 aromatic heterocycles. The summed E-state index contributed by atoms with van der Waals surface area (Å²) in [6, 6.07) is 5.93. The van der Waals surface area contributed by atoms with Crippen molar-refractivity contribution < 1.29 is 4.39 Å². The van der Waals surface area contributed by atoms with Crippen molar-refractivity contribution in [1.29, 1.82) is 0 Å². The van der Waals surface area contributed by atoms with Crippen molar-refractivity contribution in [2.75, 3.05) is 5.73 Å². The quantitative estimate of drug-likeness (QED) is 0.642. The molecular weight excluding hydrogens is 221 g/mol. The number of nitrogens with zero attached hydrogens (tertiary/aromatic N) is 4. The highest BCUT2D eigenvalue weighted by atomic mass is 19.1. The van der Waals surface area contributed by atoms with Gasteiger partial charge in [0, 0.05) is 23.6 Å². The minimum atomic E-state index is -0.377. The van der Waals surface area contributed by atoms with Crippen LogP contribution in [0.5, 0.6) is 0 Å². The first kappa shape index (κ1) is 9.71. The van der Waals surface area contributed by atoms with E-state index >= 15 is 0 Å². The number of fused-ring (bicyclic) bond motifs is 1. The van der Waals surface area contributed by atoms with Crippen LogP contribution in [0.15, 0.2) is 36.7 Å². The van der Waals surface area contributed by atoms with Gasteiger partial charge in [0.1, 0.15) is 5.82 Å². The van der Waals surface area contributed by atoms with Gasteiger partial charge in [0.15, 0.2) is 5.82 Å². The van der Waals surface area contributed by atoms with Gasteiger partial charge in [-0.15, -0.1) is 10.2 Å². The van der Waals surface area contributed by atoms with Crippen LogP contribution in [-0.4, -0.2) is 19.6 Å². The second-order valence-corrected chi connectivity index (χ2v) is 3.54. The molecule has 84 valence electrons. The molecule has 0 saturated heterocycles. The molecule has 17 heavy (non-hydrogen) atoms. The number of hydrogen-bond donors (Lipinski definition) is 1. The van der Waals surface area contributed by atoms with E-state index in [1.165, 1.54) is 12.1 Å². The summed E-state index contributed by atoms with van der Waals surface area (Å²) in [5.41, 5.74) is 6.72. The van der Waals surface area contributed by atoms with Gasteiger partial charge in [0.2, 0.25) is 0 Å². The number of rotatable bonds is 1. The first-order valence-electron chi connectivity index (χ1n) is 4.97. The Bertz CT molecular complexity index is 691. The zero-order valence-electron chi connectivity index (χ0n) is 8.71. The van der Waals surface area contributed by atoms with Gasteiger partial charge in [0.25, 0.3) is 5.78 Å². The minimum absolute atomic E-state index is 0.322. The molecule has 0 aliphatic rings. The van der Waals surface area contributed by atoms with Crippen LogP contribution in [0.3, 0.4) is 0 Å². The molecule has 6 heteroatoms. The molecule has 5 nitrogen and oxygen atoms in total. The first-order valence-corrected chi connectivity index (χ1v) is 4.97. The zero-order chi connectivity index (χ0) is 11.8. The maximum atomic E-state index is 13.0. The molecule has 0 unspecified atom stereocenters. The van der Waals surface area contributed by atoms with Crippen molar-refractivity contribution in [3.8, 4) is 11.4 Å². The molecule has 0 aliphatic carbocycles. The van der Waals surface area contributed by atoms with Crippen molar-refractivity contribution in [3.63, 3.8) is 0 Å². The molecule has 0 bridgehead atoms. The lowest BCUT2D eigenvalue weighted by Gasteiger charge is -2.03. The third-order valence-corrected chi connectivity index (χ3v) is 2.44. The molecule has 0 atom stereocenters. The van der Waals surface area contributed by atoms with Crippen LogP contribution in [0.25, 0.3) is 17.2 Å². The molecule has 0 amide bonds. The van der Waals surface area contributed by atoms with Crippen LogP contribution in [0.4, 0.5) is 10.1 Å². The van der Waals surface area contributed by atoms with Gasteiger partial charge in [-0.3, -0.25) is 4.40 Å². The van der Waals surface area contributed by atoms with E-state index in [4.69, 9.17) is 5.73 Å². The average molecular weight is 229 g/mol. The van der Waals surface area contributed by atoms with E-state index in [1.54, 1.807) is 28.9 Å². The fourth-order valence-corrected chi connectivity index (χ4v) is 1.66. The average Bonchev–Trinajstić information content (AvgIpc) is 2.73. The summed E-state index contributed by atoms with van der Waals surface area (Å²) in [5, 5.41) is 7.92. The number of halogens is 1. The van der Waals surface area contributed by atoms with Gasteiger partial charge in [0.05, 0.1) is 0 Å². The van der Waals surface area contributed by atoms with E-state index in [0.717, 1.165) is 0 Å². The minimum Gasteiger partial charge on any atom is -0.398 e. The molecule has 2 N–H and O–H groups in total. The van der Waals surface area contributed by atoms with Crippen LogP contribution < -0.4 is 5.73 Å². The zero-order valence-corrected chi connectivity index (χ0v) is 8.71. The standard InChI is InChI=1S/C11H8FN5/c12-7-2-3-8(9(13)6-7)10-15-16-11-14-4-1-5-17(10)11/h1-6H,13H2. The molecule has 0 radical (unpaired) electrons. The second kappa shape index (κ2) is 3.51. The Balaban J connectivity index is 2.27. The Labute approximate surface area is 95.7 Å². The fourth-order valence-electron chi connectivity index (χ4n) is 1.66. The smallest absolute Gasteiger partial charge is 0.255 e. The molecule has 1 aromatic carbocycles. The fraction of sp³-hybridized carbons (Fsp3) is 0. The number of nitrogen functional groups attached to an aromatic ring is 1. The highest BCUT2D eigenvalue weighted by Crippen LogP contribution is 2.24. The summed E-state index contributed by atoms with van der Waals surface area (Å²) in [4.78, 5) is 4.05. The van der Waals surface area contributed by atoms with E-state index in [-0.39, 0.29) is 5.82 Å². The summed E-state index contributed by atoms with van der Waals surface area (Å²) in [6.07, 6.45) is 3.41. The highest BCUT2D eigenvalue weighted by Gasteiger charge is 2.11. The Kier molecular flexibility index (Phi) is 2.01. The molecule has 0 aliphatic heterocycles. The molecule has 3 rings (SSSR count). The van der Waals surface area contributed by atoms with Crippen LogP contribution >= 0.6 is 0 Å². The number of hydrogen-bond acceptors (Lipinski definition) is 4. The predicted octanol–water partition coefficient (Wildman–Crippen LogP) is 1.51. The number of aromatic nitrogens is 4. The predicted molar refractivity (Wildman–Crippen MR) is 60.6 cm³/mol. The lowest BCUT2D eigenvalue weighted by atomic mass is 10.1. The van der Waals surface area contributed by atoms with Crippen molar-refractivity contribution in [2.45, 2.75) is 0 Å². The van der Waals surface area contributed by atoms with Gasteiger partial charge in [-0.05, 0) is 24.3 Å². The Morgan fingerprint density at radius 2 is 2.12 bits per heavy atom. The normalized spacial score (nSPS) is 10.9. The van der Waals surface area contributed by atoms with E-state index in [1.807, 2.05) is 0 Å². The van der Waals surface area contributed by atoms with Crippen LogP contribution in [-0.2, 0) is 0 Å². The van der Waals surface area contributed by atoms with Crippen LogP contribution in [0.2, 0.25) is 0 Å². The van der Waals surface area contributed by atoms with Gasteiger partial charge >= 0.3 is 0 Å². The summed E-state index contributed by atoms with van der Waals surface area (Å²) in [5.74, 6) is 0.648. The van der Waals surface area contributed by atoms with E-state index < -0.39 is 0 Å². The van der Waals surface area contributed by atoms with Crippen LogP contribution in [0.1, 0.15) is 0 Å². The maximum absolute atomic E-state index is 13.0. The number of anilines is 1. The summed E-state index contributed by atoms with van der Waals surface area (Å²) >= 11 is 0. The van der Waals surface area contributed by atoms with Crippen molar-refractivity contribution in [1.82, 2.24) is 19.6 Å². The molecule has 3 aromatic rings. The Hall–Kier alpha value is -2.50. The number of benzene rings is 1. The summed E-state index contributed by atoms with van der Waals surface area (Å²) < 4.78 is 14.7. The van der Waals surface area contributed by atoms with E-state index in [0.29, 0.717) is 22.9 Å². The molecule has 0 fully saturated rings. The van der Waals surface area contributed by atoms with Crippen molar-refractivity contribution in [2.24, 2.45) is 0 Å². The van der Waals surface area contributed by atoms with Gasteiger partial charge in [-0.25, -0.2) is 9.37 Å².